The number of rotatable bonds is 3. The second-order valence-electron chi connectivity index (χ2n) is 12.7. The maximum absolute atomic E-state index is 5.06. The van der Waals surface area contributed by atoms with Gasteiger partial charge in [-0.1, -0.05) is 97.1 Å². The maximum atomic E-state index is 5.06. The molecule has 228 valence electrons. The first kappa shape index (κ1) is 26.9. The number of aryl methyl sites for hydroxylation is 3. The van der Waals surface area contributed by atoms with Gasteiger partial charge in [0, 0.05) is 86.7 Å². The average Bonchev–Trinajstić information content (AvgIpc) is 3.73. The zero-order chi connectivity index (χ0) is 32.1. The SMILES string of the molecule is Cn1c2ccccc2c2c1c1c3ccccc3n(C)c1c1c3cc(-c4nc(-c5ccccc5)nc(-c5ccccc5)n4)ccc3n(C)c21. The molecule has 0 aliphatic heterocycles. The van der Waals surface area contributed by atoms with Crippen LogP contribution in [-0.4, -0.2) is 28.7 Å². The fourth-order valence-electron chi connectivity index (χ4n) is 7.90. The van der Waals surface area contributed by atoms with Crippen molar-refractivity contribution in [2.75, 3.05) is 0 Å². The lowest BCUT2D eigenvalue weighted by Crippen LogP contribution is -2.00. The molecule has 0 aliphatic rings. The Morgan fingerprint density at radius 2 is 0.729 bits per heavy atom. The van der Waals surface area contributed by atoms with Crippen molar-refractivity contribution in [1.82, 2.24) is 28.7 Å². The fraction of sp³-hybridized carbons (Fsp3) is 0.0714. The lowest BCUT2D eigenvalue weighted by atomic mass is 10.0. The topological polar surface area (TPSA) is 53.5 Å². The van der Waals surface area contributed by atoms with Crippen molar-refractivity contribution >= 4 is 65.4 Å². The number of hydrogen-bond acceptors (Lipinski definition) is 3. The molecule has 0 spiro atoms. The highest BCUT2D eigenvalue weighted by molar-refractivity contribution is 6.39. The van der Waals surface area contributed by atoms with Crippen molar-refractivity contribution in [3.63, 3.8) is 0 Å². The van der Waals surface area contributed by atoms with Gasteiger partial charge < -0.3 is 13.7 Å². The number of fused-ring (bicyclic) bond motifs is 12. The Morgan fingerprint density at radius 3 is 1.21 bits per heavy atom. The molecule has 0 aliphatic carbocycles. The Balaban J connectivity index is 1.35. The van der Waals surface area contributed by atoms with Crippen molar-refractivity contribution in [3.8, 4) is 34.2 Å². The number of para-hydroxylation sites is 2. The van der Waals surface area contributed by atoms with Crippen LogP contribution >= 0.6 is 0 Å². The summed E-state index contributed by atoms with van der Waals surface area (Å²) in [6.07, 6.45) is 0. The van der Waals surface area contributed by atoms with Crippen molar-refractivity contribution in [3.05, 3.63) is 127 Å². The Labute approximate surface area is 276 Å². The molecule has 0 bridgehead atoms. The minimum absolute atomic E-state index is 0.654. The highest BCUT2D eigenvalue weighted by Crippen LogP contribution is 2.47. The molecule has 0 fully saturated rings. The molecule has 0 N–H and O–H groups in total. The highest BCUT2D eigenvalue weighted by atomic mass is 15.0. The van der Waals surface area contributed by atoms with Crippen LogP contribution < -0.4 is 0 Å². The molecule has 0 saturated heterocycles. The summed E-state index contributed by atoms with van der Waals surface area (Å²) in [4.78, 5) is 15.1. The van der Waals surface area contributed by atoms with E-state index in [0.29, 0.717) is 17.5 Å². The van der Waals surface area contributed by atoms with Crippen LogP contribution in [-0.2, 0) is 21.1 Å². The van der Waals surface area contributed by atoms with Crippen LogP contribution in [0.25, 0.3) is 99.6 Å². The van der Waals surface area contributed by atoms with Gasteiger partial charge in [0.2, 0.25) is 0 Å². The summed E-state index contributed by atoms with van der Waals surface area (Å²) < 4.78 is 7.13. The van der Waals surface area contributed by atoms with E-state index in [4.69, 9.17) is 15.0 Å². The molecule has 6 aromatic carbocycles. The van der Waals surface area contributed by atoms with Gasteiger partial charge >= 0.3 is 0 Å². The lowest BCUT2D eigenvalue weighted by molar-refractivity contribution is 1.00. The van der Waals surface area contributed by atoms with Crippen LogP contribution in [0.4, 0.5) is 0 Å². The predicted octanol–water partition coefficient (Wildman–Crippen LogP) is 9.81. The fourth-order valence-corrected chi connectivity index (χ4v) is 7.90. The van der Waals surface area contributed by atoms with Crippen LogP contribution in [0, 0.1) is 0 Å². The summed E-state index contributed by atoms with van der Waals surface area (Å²) >= 11 is 0. The molecule has 0 atom stereocenters. The van der Waals surface area contributed by atoms with Gasteiger partial charge in [-0.2, -0.15) is 0 Å². The number of nitrogens with zero attached hydrogens (tertiary/aromatic N) is 6. The van der Waals surface area contributed by atoms with Crippen LogP contribution in [0.2, 0.25) is 0 Å². The molecule has 6 nitrogen and oxygen atoms in total. The van der Waals surface area contributed by atoms with Gasteiger partial charge in [0.15, 0.2) is 17.5 Å². The van der Waals surface area contributed by atoms with E-state index in [2.05, 4.69) is 102 Å². The van der Waals surface area contributed by atoms with Crippen molar-refractivity contribution in [2.45, 2.75) is 0 Å². The van der Waals surface area contributed by atoms with Gasteiger partial charge in [-0.15, -0.1) is 0 Å². The lowest BCUT2D eigenvalue weighted by Gasteiger charge is -2.09. The normalized spacial score (nSPS) is 12.1. The van der Waals surface area contributed by atoms with E-state index in [1.54, 1.807) is 0 Å². The molecule has 0 amide bonds. The molecule has 10 rings (SSSR count). The number of aromatic nitrogens is 6. The van der Waals surface area contributed by atoms with Crippen LogP contribution in [0.5, 0.6) is 0 Å². The number of benzene rings is 6. The maximum Gasteiger partial charge on any atom is 0.164 e. The van der Waals surface area contributed by atoms with Gasteiger partial charge in [0.05, 0.1) is 16.6 Å². The van der Waals surface area contributed by atoms with Crippen molar-refractivity contribution in [2.24, 2.45) is 21.1 Å². The molecule has 4 aromatic heterocycles. The van der Waals surface area contributed by atoms with E-state index in [-0.39, 0.29) is 0 Å². The molecule has 0 saturated carbocycles. The summed E-state index contributed by atoms with van der Waals surface area (Å²) in [5, 5.41) is 7.51. The summed E-state index contributed by atoms with van der Waals surface area (Å²) in [5.74, 6) is 1.97. The smallest absolute Gasteiger partial charge is 0.164 e. The molecule has 10 aromatic rings. The van der Waals surface area contributed by atoms with Gasteiger partial charge in [0.1, 0.15) is 0 Å². The second-order valence-corrected chi connectivity index (χ2v) is 12.7. The van der Waals surface area contributed by atoms with Crippen LogP contribution in [0.15, 0.2) is 127 Å². The van der Waals surface area contributed by atoms with E-state index in [1.165, 1.54) is 65.4 Å². The molecule has 48 heavy (non-hydrogen) atoms. The average molecular weight is 619 g/mol. The Bertz CT molecular complexity index is 2810. The van der Waals surface area contributed by atoms with Gasteiger partial charge in [-0.25, -0.2) is 15.0 Å². The Kier molecular flexibility index (Phi) is 5.53. The van der Waals surface area contributed by atoms with E-state index >= 15 is 0 Å². The molecular formula is C42H30N6. The molecule has 6 heteroatoms. The van der Waals surface area contributed by atoms with Crippen molar-refractivity contribution in [1.29, 1.82) is 0 Å². The van der Waals surface area contributed by atoms with E-state index in [0.717, 1.165) is 16.7 Å². The Hall–Kier alpha value is -6.27. The molecule has 4 heterocycles. The minimum atomic E-state index is 0.654. The third-order valence-electron chi connectivity index (χ3n) is 10.1. The Morgan fingerprint density at radius 1 is 0.354 bits per heavy atom. The quantitative estimate of drug-likeness (QED) is 0.198. The van der Waals surface area contributed by atoms with Crippen molar-refractivity contribution < 1.29 is 0 Å². The van der Waals surface area contributed by atoms with Gasteiger partial charge in [-0.05, 0) is 30.3 Å². The van der Waals surface area contributed by atoms with Crippen LogP contribution in [0.1, 0.15) is 0 Å². The van der Waals surface area contributed by atoms with Gasteiger partial charge in [-0.3, -0.25) is 0 Å². The minimum Gasteiger partial charge on any atom is -0.343 e. The third kappa shape index (κ3) is 3.60. The van der Waals surface area contributed by atoms with Crippen LogP contribution in [0.3, 0.4) is 0 Å². The first-order valence-corrected chi connectivity index (χ1v) is 16.2. The van der Waals surface area contributed by atoms with E-state index in [9.17, 15) is 0 Å². The van der Waals surface area contributed by atoms with E-state index in [1.807, 2.05) is 60.7 Å². The zero-order valence-electron chi connectivity index (χ0n) is 26.8. The molecular weight excluding hydrogens is 589 g/mol. The predicted molar refractivity (Wildman–Crippen MR) is 198 cm³/mol. The summed E-state index contributed by atoms with van der Waals surface area (Å²) in [5.41, 5.74) is 10.2. The first-order chi connectivity index (χ1) is 23.6. The van der Waals surface area contributed by atoms with Gasteiger partial charge in [0.25, 0.3) is 0 Å². The molecule has 0 unspecified atom stereocenters. The summed E-state index contributed by atoms with van der Waals surface area (Å²) in [6.45, 7) is 0. The first-order valence-electron chi connectivity index (χ1n) is 16.2. The highest BCUT2D eigenvalue weighted by Gasteiger charge is 2.25. The molecule has 0 radical (unpaired) electrons. The summed E-state index contributed by atoms with van der Waals surface area (Å²) in [7, 11) is 6.60. The number of hydrogen-bond donors (Lipinski definition) is 0. The largest absolute Gasteiger partial charge is 0.343 e. The zero-order valence-corrected chi connectivity index (χ0v) is 26.8. The summed E-state index contributed by atoms with van der Waals surface area (Å²) in [6, 6.07) is 44.5. The monoisotopic (exact) mass is 618 g/mol. The third-order valence-corrected chi connectivity index (χ3v) is 10.1. The standard InChI is InChI=1S/C42H30N6/c1-46-31-20-12-10-18-28(31)35-37(46)34-29-19-11-13-21-32(29)47(2)38(34)36-30-24-27(22-23-33(30)48(3)39(35)36)42-44-40(25-14-6-4-7-15-25)43-41(45-42)26-16-8-5-9-17-26/h4-24H,1-3H3. The van der Waals surface area contributed by atoms with E-state index < -0.39 is 0 Å². The second kappa shape index (κ2) is 9.86.